The Morgan fingerprint density at radius 3 is 2.21 bits per heavy atom. The van der Waals surface area contributed by atoms with Crippen molar-refractivity contribution >= 4 is 0 Å². The van der Waals surface area contributed by atoms with Crippen LogP contribution in [0.5, 0.6) is 0 Å². The Morgan fingerprint density at radius 2 is 1.71 bits per heavy atom. The van der Waals surface area contributed by atoms with Gasteiger partial charge in [0.15, 0.2) is 0 Å². The minimum atomic E-state index is 0. The van der Waals surface area contributed by atoms with Crippen molar-refractivity contribution in [3.05, 3.63) is 23.8 Å². The molecule has 14 heavy (non-hydrogen) atoms. The summed E-state index contributed by atoms with van der Waals surface area (Å²) in [6, 6.07) is 0. The van der Waals surface area contributed by atoms with Crippen LogP contribution in [0.1, 0.15) is 38.5 Å². The summed E-state index contributed by atoms with van der Waals surface area (Å²) in [5.41, 5.74) is 1.50. The van der Waals surface area contributed by atoms with Crippen molar-refractivity contribution in [1.82, 2.24) is 0 Å². The fourth-order valence-corrected chi connectivity index (χ4v) is 2.12. The molecule has 0 aliphatic heterocycles. The Morgan fingerprint density at radius 1 is 1.07 bits per heavy atom. The molecule has 0 aromatic rings. The molecule has 0 bridgehead atoms. The Labute approximate surface area is 99.5 Å². The average molecular weight is 235 g/mol. The monoisotopic (exact) mass is 235 g/mol. The van der Waals surface area contributed by atoms with E-state index in [0.717, 1.165) is 12.3 Å². The summed E-state index contributed by atoms with van der Waals surface area (Å²) in [7, 11) is 0. The number of hydrogen-bond acceptors (Lipinski definition) is 0. The van der Waals surface area contributed by atoms with Gasteiger partial charge in [0.2, 0.25) is 0 Å². The fraction of sp³-hybridized carbons (Fsp3) is 0.636. The molecule has 1 saturated carbocycles. The summed E-state index contributed by atoms with van der Waals surface area (Å²) in [6.07, 6.45) is 16.1. The molecule has 0 saturated heterocycles. The first-order chi connectivity index (χ1) is 5.47. The van der Waals surface area contributed by atoms with Gasteiger partial charge in [0.1, 0.15) is 0 Å². The largest absolute Gasteiger partial charge is 0.269 e. The normalized spacial score (nSPS) is 20.1. The Balaban J connectivity index is 0. The molecule has 2 aliphatic carbocycles. The zero-order valence-electron chi connectivity index (χ0n) is 8.29. The van der Waals surface area contributed by atoms with E-state index in [-0.39, 0.29) is 31.1 Å². The minimum absolute atomic E-state index is 0. The quantitative estimate of drug-likeness (QED) is 0.481. The van der Waals surface area contributed by atoms with E-state index in [4.69, 9.17) is 0 Å². The Hall–Kier alpha value is 0.0543. The molecule has 0 amide bonds. The van der Waals surface area contributed by atoms with Crippen LogP contribution < -0.4 is 0 Å². The number of hydrogen-bond donors (Lipinski definition) is 0. The molecule has 0 N–H and O–H groups in total. The second kappa shape index (κ2) is 8.37. The summed E-state index contributed by atoms with van der Waals surface area (Å²) in [4.78, 5) is 0. The maximum atomic E-state index is 3.43. The van der Waals surface area contributed by atoms with Gasteiger partial charge in [-0.05, 0) is 18.8 Å². The van der Waals surface area contributed by atoms with E-state index >= 15 is 0 Å². The van der Waals surface area contributed by atoms with E-state index in [0.29, 0.717) is 0 Å². The van der Waals surface area contributed by atoms with Gasteiger partial charge in [0, 0.05) is 21.7 Å². The van der Waals surface area contributed by atoms with Crippen molar-refractivity contribution in [3.63, 3.8) is 0 Å². The summed E-state index contributed by atoms with van der Waals surface area (Å²) in [6.45, 7) is 0. The van der Waals surface area contributed by atoms with Gasteiger partial charge in [-0.3, -0.25) is 15.5 Å². The van der Waals surface area contributed by atoms with Crippen LogP contribution in [-0.4, -0.2) is 0 Å². The van der Waals surface area contributed by atoms with Gasteiger partial charge in [-0.2, -0.15) is 6.08 Å². The molecule has 2 aliphatic rings. The standard InChI is InChI=1S/C11H15.2FH.Ti/c1-2-6-10(7-3-1)11-8-4-5-9-11;;;/h4,8,10H,1-3,5-7H2;2*1H;/q-1;;;. The van der Waals surface area contributed by atoms with Crippen LogP contribution >= 0.6 is 0 Å². The van der Waals surface area contributed by atoms with E-state index in [1.54, 1.807) is 0 Å². The zero-order chi connectivity index (χ0) is 7.52. The van der Waals surface area contributed by atoms with Crippen molar-refractivity contribution in [2.45, 2.75) is 38.5 Å². The van der Waals surface area contributed by atoms with Gasteiger partial charge in [0.25, 0.3) is 0 Å². The van der Waals surface area contributed by atoms with Gasteiger partial charge in [-0.15, -0.1) is 6.42 Å². The van der Waals surface area contributed by atoms with Gasteiger partial charge in [0.05, 0.1) is 0 Å². The fourth-order valence-electron chi connectivity index (χ4n) is 2.12. The minimum Gasteiger partial charge on any atom is -0.269 e. The molecule has 0 nitrogen and oxygen atoms in total. The van der Waals surface area contributed by atoms with Crippen LogP contribution in [-0.2, 0) is 21.7 Å². The molecule has 0 unspecified atom stereocenters. The van der Waals surface area contributed by atoms with Crippen molar-refractivity contribution in [1.29, 1.82) is 0 Å². The Bertz CT molecular complexity index is 193. The predicted molar refractivity (Wildman–Crippen MR) is 52.1 cm³/mol. The topological polar surface area (TPSA) is 0 Å². The van der Waals surface area contributed by atoms with Crippen molar-refractivity contribution < 1.29 is 31.1 Å². The molecule has 0 aromatic carbocycles. The van der Waals surface area contributed by atoms with E-state index in [1.165, 1.54) is 37.7 Å². The van der Waals surface area contributed by atoms with Crippen LogP contribution in [0.2, 0.25) is 0 Å². The number of rotatable bonds is 1. The predicted octanol–water partition coefficient (Wildman–Crippen LogP) is 3.56. The number of allylic oxidation sites excluding steroid dienone is 4. The first kappa shape index (κ1) is 16.5. The SMILES string of the molecule is F.F.[C-]1=C(C2CCCCC2)C=CC1.[Ti]. The van der Waals surface area contributed by atoms with Crippen LogP contribution in [0, 0.1) is 12.0 Å². The van der Waals surface area contributed by atoms with E-state index in [9.17, 15) is 0 Å². The molecule has 0 radical (unpaired) electrons. The molecule has 2 rings (SSSR count). The maximum absolute atomic E-state index is 3.43. The van der Waals surface area contributed by atoms with Gasteiger partial charge >= 0.3 is 0 Å². The second-order valence-corrected chi connectivity index (χ2v) is 3.57. The first-order valence-electron chi connectivity index (χ1n) is 4.74. The van der Waals surface area contributed by atoms with Crippen LogP contribution in [0.3, 0.4) is 0 Å². The van der Waals surface area contributed by atoms with E-state index in [2.05, 4.69) is 18.2 Å². The summed E-state index contributed by atoms with van der Waals surface area (Å²) < 4.78 is 0. The van der Waals surface area contributed by atoms with Gasteiger partial charge in [-0.25, -0.2) is 11.6 Å². The van der Waals surface area contributed by atoms with Crippen molar-refractivity contribution in [3.8, 4) is 0 Å². The van der Waals surface area contributed by atoms with Crippen LogP contribution in [0.4, 0.5) is 9.41 Å². The summed E-state index contributed by atoms with van der Waals surface area (Å²) in [5, 5.41) is 0. The maximum Gasteiger partial charge on any atom is 0 e. The molecule has 80 valence electrons. The van der Waals surface area contributed by atoms with Gasteiger partial charge in [-0.1, -0.05) is 19.3 Å². The number of halogens is 2. The molecule has 3 heteroatoms. The summed E-state index contributed by atoms with van der Waals surface area (Å²) >= 11 is 0. The second-order valence-electron chi connectivity index (χ2n) is 3.57. The smallest absolute Gasteiger partial charge is 0 e. The molecule has 0 spiro atoms. The Kier molecular flexibility index (Phi) is 9.85. The molecule has 1 fully saturated rings. The average Bonchev–Trinajstić information content (AvgIpc) is 2.58. The first-order valence-corrected chi connectivity index (χ1v) is 4.74. The third-order valence-corrected chi connectivity index (χ3v) is 2.77. The van der Waals surface area contributed by atoms with E-state index in [1.807, 2.05) is 0 Å². The molecule has 0 atom stereocenters. The van der Waals surface area contributed by atoms with Crippen LogP contribution in [0.25, 0.3) is 0 Å². The molecule has 0 heterocycles. The van der Waals surface area contributed by atoms with E-state index < -0.39 is 0 Å². The molecule has 0 aromatic heterocycles. The molecular formula is C11H17F2Ti-. The third kappa shape index (κ3) is 4.06. The third-order valence-electron chi connectivity index (χ3n) is 2.77. The van der Waals surface area contributed by atoms with Crippen molar-refractivity contribution in [2.24, 2.45) is 5.92 Å². The van der Waals surface area contributed by atoms with Crippen molar-refractivity contribution in [2.75, 3.05) is 0 Å². The summed E-state index contributed by atoms with van der Waals surface area (Å²) in [5.74, 6) is 0.863. The van der Waals surface area contributed by atoms with Gasteiger partial charge < -0.3 is 0 Å². The van der Waals surface area contributed by atoms with Crippen LogP contribution in [0.15, 0.2) is 17.7 Å². The zero-order valence-corrected chi connectivity index (χ0v) is 9.85. The molecular weight excluding hydrogens is 218 g/mol.